The van der Waals surface area contributed by atoms with Crippen molar-refractivity contribution in [2.24, 2.45) is 0 Å². The summed E-state index contributed by atoms with van der Waals surface area (Å²) >= 11 is 0. The maximum Gasteiger partial charge on any atom is 0.251 e. The van der Waals surface area contributed by atoms with Crippen LogP contribution < -0.4 is 5.32 Å². The Bertz CT molecular complexity index is 162. The first-order valence-corrected chi connectivity index (χ1v) is 4.70. The Morgan fingerprint density at radius 3 is 2.58 bits per heavy atom. The van der Waals surface area contributed by atoms with Gasteiger partial charge in [-0.15, -0.1) is 0 Å². The average Bonchev–Trinajstić information content (AvgIpc) is 2.49. The molecule has 0 radical (unpaired) electrons. The highest BCUT2D eigenvalue weighted by atomic mass is 16.3. The molecule has 0 aromatic carbocycles. The molecule has 70 valence electrons. The smallest absolute Gasteiger partial charge is 0.251 e. The molecule has 0 unspecified atom stereocenters. The Morgan fingerprint density at radius 2 is 2.08 bits per heavy atom. The van der Waals surface area contributed by atoms with Crippen LogP contribution in [-0.2, 0) is 4.79 Å². The van der Waals surface area contributed by atoms with Gasteiger partial charge < -0.3 is 10.4 Å². The summed E-state index contributed by atoms with van der Waals surface area (Å²) in [7, 11) is 0. The van der Waals surface area contributed by atoms with E-state index >= 15 is 0 Å². The van der Waals surface area contributed by atoms with E-state index in [1.54, 1.807) is 0 Å². The van der Waals surface area contributed by atoms with Crippen LogP contribution in [-0.4, -0.2) is 23.2 Å². The molecule has 1 aliphatic rings. The molecule has 1 fully saturated rings. The van der Waals surface area contributed by atoms with Gasteiger partial charge in [0.25, 0.3) is 5.91 Å². The minimum atomic E-state index is -1.05. The predicted molar refractivity (Wildman–Crippen MR) is 46.7 cm³/mol. The van der Waals surface area contributed by atoms with Gasteiger partial charge in [0, 0.05) is 6.54 Å². The molecule has 0 atom stereocenters. The third-order valence-electron chi connectivity index (χ3n) is 2.39. The fourth-order valence-electron chi connectivity index (χ4n) is 1.59. The second kappa shape index (κ2) is 3.90. The van der Waals surface area contributed by atoms with Crippen LogP contribution in [0.2, 0.25) is 0 Å². The average molecular weight is 171 g/mol. The van der Waals surface area contributed by atoms with Gasteiger partial charge in [-0.1, -0.05) is 6.92 Å². The van der Waals surface area contributed by atoms with Gasteiger partial charge >= 0.3 is 0 Å². The van der Waals surface area contributed by atoms with Crippen molar-refractivity contribution in [1.82, 2.24) is 5.32 Å². The van der Waals surface area contributed by atoms with E-state index in [0.29, 0.717) is 19.4 Å². The zero-order valence-corrected chi connectivity index (χ0v) is 7.60. The van der Waals surface area contributed by atoms with Crippen molar-refractivity contribution in [2.45, 2.75) is 44.6 Å². The Balaban J connectivity index is 2.39. The normalized spacial score (nSPS) is 20.8. The van der Waals surface area contributed by atoms with Gasteiger partial charge in [0.15, 0.2) is 0 Å². The van der Waals surface area contributed by atoms with Crippen LogP contribution >= 0.6 is 0 Å². The van der Waals surface area contributed by atoms with Gasteiger partial charge in [-0.3, -0.25) is 4.79 Å². The van der Waals surface area contributed by atoms with Gasteiger partial charge in [0.1, 0.15) is 5.60 Å². The quantitative estimate of drug-likeness (QED) is 0.660. The fraction of sp³-hybridized carbons (Fsp3) is 0.889. The topological polar surface area (TPSA) is 49.3 Å². The minimum Gasteiger partial charge on any atom is -0.380 e. The number of amides is 1. The lowest BCUT2D eigenvalue weighted by molar-refractivity contribution is -0.139. The molecule has 0 aromatic rings. The van der Waals surface area contributed by atoms with Crippen molar-refractivity contribution in [2.75, 3.05) is 6.54 Å². The molecule has 0 spiro atoms. The zero-order chi connectivity index (χ0) is 9.03. The van der Waals surface area contributed by atoms with Crippen molar-refractivity contribution in [1.29, 1.82) is 0 Å². The first-order chi connectivity index (χ1) is 5.69. The van der Waals surface area contributed by atoms with E-state index in [4.69, 9.17) is 0 Å². The van der Waals surface area contributed by atoms with Crippen LogP contribution in [0, 0.1) is 0 Å². The summed E-state index contributed by atoms with van der Waals surface area (Å²) in [5.74, 6) is -0.179. The van der Waals surface area contributed by atoms with Gasteiger partial charge in [0.05, 0.1) is 0 Å². The van der Waals surface area contributed by atoms with Crippen LogP contribution in [0.5, 0.6) is 0 Å². The SMILES string of the molecule is CCCNC(=O)C1(O)CCCC1. The molecule has 3 heteroatoms. The van der Waals surface area contributed by atoms with Crippen molar-refractivity contribution >= 4 is 5.91 Å². The van der Waals surface area contributed by atoms with Crippen LogP contribution in [0.1, 0.15) is 39.0 Å². The van der Waals surface area contributed by atoms with E-state index in [9.17, 15) is 9.90 Å². The molecule has 0 saturated heterocycles. The van der Waals surface area contributed by atoms with Crippen molar-refractivity contribution in [3.05, 3.63) is 0 Å². The van der Waals surface area contributed by atoms with E-state index in [1.165, 1.54) is 0 Å². The number of nitrogens with one attached hydrogen (secondary N) is 1. The van der Waals surface area contributed by atoms with Crippen LogP contribution in [0.3, 0.4) is 0 Å². The molecule has 12 heavy (non-hydrogen) atoms. The number of carbonyl (C=O) groups excluding carboxylic acids is 1. The Kier molecular flexibility index (Phi) is 3.09. The van der Waals surface area contributed by atoms with E-state index in [-0.39, 0.29) is 5.91 Å². The van der Waals surface area contributed by atoms with E-state index in [2.05, 4.69) is 5.32 Å². The summed E-state index contributed by atoms with van der Waals surface area (Å²) in [4.78, 5) is 11.4. The largest absolute Gasteiger partial charge is 0.380 e. The van der Waals surface area contributed by atoms with Crippen LogP contribution in [0.15, 0.2) is 0 Å². The molecule has 0 bridgehead atoms. The summed E-state index contributed by atoms with van der Waals surface area (Å²) in [6.07, 6.45) is 4.11. The third kappa shape index (κ3) is 1.97. The number of hydrogen-bond acceptors (Lipinski definition) is 2. The molecule has 1 saturated carbocycles. The minimum absolute atomic E-state index is 0.179. The second-order valence-corrected chi connectivity index (χ2v) is 3.49. The van der Waals surface area contributed by atoms with Gasteiger partial charge in [0.2, 0.25) is 0 Å². The number of carbonyl (C=O) groups is 1. The zero-order valence-electron chi connectivity index (χ0n) is 7.60. The van der Waals surface area contributed by atoms with Crippen molar-refractivity contribution in [3.8, 4) is 0 Å². The predicted octanol–water partition coefficient (Wildman–Crippen LogP) is 0.818. The molecular weight excluding hydrogens is 154 g/mol. The molecule has 0 aromatic heterocycles. The fourth-order valence-corrected chi connectivity index (χ4v) is 1.59. The summed E-state index contributed by atoms with van der Waals surface area (Å²) in [5.41, 5.74) is -1.05. The van der Waals surface area contributed by atoms with Gasteiger partial charge in [-0.2, -0.15) is 0 Å². The standard InChI is InChI=1S/C9H17NO2/c1-2-7-10-8(11)9(12)5-3-4-6-9/h12H,2-7H2,1H3,(H,10,11). The molecular formula is C9H17NO2. The summed E-state index contributed by atoms with van der Waals surface area (Å²) < 4.78 is 0. The first-order valence-electron chi connectivity index (χ1n) is 4.70. The summed E-state index contributed by atoms with van der Waals surface area (Å²) in [6, 6.07) is 0. The third-order valence-corrected chi connectivity index (χ3v) is 2.39. The highest BCUT2D eigenvalue weighted by Gasteiger charge is 2.38. The van der Waals surface area contributed by atoms with Gasteiger partial charge in [-0.25, -0.2) is 0 Å². The molecule has 0 aliphatic heterocycles. The van der Waals surface area contributed by atoms with Gasteiger partial charge in [-0.05, 0) is 32.1 Å². The second-order valence-electron chi connectivity index (χ2n) is 3.49. The highest BCUT2D eigenvalue weighted by Crippen LogP contribution is 2.29. The number of hydrogen-bond donors (Lipinski definition) is 2. The van der Waals surface area contributed by atoms with Crippen LogP contribution in [0.4, 0.5) is 0 Å². The number of aliphatic hydroxyl groups is 1. The molecule has 1 aliphatic carbocycles. The van der Waals surface area contributed by atoms with E-state index in [1.807, 2.05) is 6.92 Å². The molecule has 1 amide bonds. The Morgan fingerprint density at radius 1 is 1.50 bits per heavy atom. The van der Waals surface area contributed by atoms with E-state index in [0.717, 1.165) is 19.3 Å². The monoisotopic (exact) mass is 171 g/mol. The maximum absolute atomic E-state index is 11.4. The van der Waals surface area contributed by atoms with E-state index < -0.39 is 5.60 Å². The highest BCUT2D eigenvalue weighted by molar-refractivity contribution is 5.85. The lowest BCUT2D eigenvalue weighted by atomic mass is 10.0. The molecule has 0 heterocycles. The van der Waals surface area contributed by atoms with Crippen molar-refractivity contribution < 1.29 is 9.90 Å². The van der Waals surface area contributed by atoms with Crippen LogP contribution in [0.25, 0.3) is 0 Å². The molecule has 3 nitrogen and oxygen atoms in total. The summed E-state index contributed by atoms with van der Waals surface area (Å²) in [5, 5.41) is 12.5. The first kappa shape index (κ1) is 9.52. The molecule has 1 rings (SSSR count). The Hall–Kier alpha value is -0.570. The number of rotatable bonds is 3. The molecule has 2 N–H and O–H groups in total. The summed E-state index contributed by atoms with van der Waals surface area (Å²) in [6.45, 7) is 2.67. The lowest BCUT2D eigenvalue weighted by Crippen LogP contribution is -2.44. The lowest BCUT2D eigenvalue weighted by Gasteiger charge is -2.20. The van der Waals surface area contributed by atoms with Crippen molar-refractivity contribution in [3.63, 3.8) is 0 Å². The Labute approximate surface area is 73.2 Å². The maximum atomic E-state index is 11.4.